The van der Waals surface area contributed by atoms with Crippen LogP contribution >= 0.6 is 11.3 Å². The molecule has 0 atom stereocenters. The van der Waals surface area contributed by atoms with E-state index in [1.807, 2.05) is 40.9 Å². The van der Waals surface area contributed by atoms with Gasteiger partial charge in [0.05, 0.1) is 34.7 Å². The number of thiophene rings is 1. The van der Waals surface area contributed by atoms with E-state index >= 15 is 0 Å². The number of benzene rings is 1. The third-order valence-electron chi connectivity index (χ3n) is 8.54. The van der Waals surface area contributed by atoms with Crippen LogP contribution in [0.2, 0.25) is 0 Å². The number of hydrogen-bond acceptors (Lipinski definition) is 7. The van der Waals surface area contributed by atoms with Crippen molar-refractivity contribution >= 4 is 38.8 Å². The molecule has 4 aromatic rings. The van der Waals surface area contributed by atoms with Gasteiger partial charge in [-0.25, -0.2) is 4.52 Å². The van der Waals surface area contributed by atoms with Gasteiger partial charge in [-0.2, -0.15) is 5.10 Å². The Balaban J connectivity index is 0.985. The van der Waals surface area contributed by atoms with Gasteiger partial charge in [-0.3, -0.25) is 9.59 Å². The molecule has 0 aliphatic heterocycles. The minimum Gasteiger partial charge on any atom is -0.489 e. The summed E-state index contributed by atoms with van der Waals surface area (Å²) in [5.74, 6) is 1.08. The number of carbonyl (C=O) groups excluding carboxylic acids is 2. The van der Waals surface area contributed by atoms with Gasteiger partial charge in [0.2, 0.25) is 0 Å². The maximum atomic E-state index is 13.3. The molecular weight excluding hydrogens is 540 g/mol. The van der Waals surface area contributed by atoms with Crippen molar-refractivity contribution in [1.29, 1.82) is 0 Å². The third-order valence-corrected chi connectivity index (χ3v) is 9.71. The molecule has 0 unspecified atom stereocenters. The first-order valence-electron chi connectivity index (χ1n) is 14.2. The number of fused-ring (bicyclic) bond motifs is 2. The molecular formula is C31H34N4O5S. The summed E-state index contributed by atoms with van der Waals surface area (Å²) in [5, 5.41) is 18.8. The van der Waals surface area contributed by atoms with Crippen molar-refractivity contribution in [2.75, 3.05) is 6.61 Å². The predicted octanol–water partition coefficient (Wildman–Crippen LogP) is 4.80. The van der Waals surface area contributed by atoms with Gasteiger partial charge in [-0.1, -0.05) is 12.1 Å². The first-order valence-corrected chi connectivity index (χ1v) is 15.1. The molecule has 3 fully saturated rings. The molecule has 214 valence electrons. The molecule has 1 spiro atoms. The number of aliphatic hydroxyl groups is 1. The highest BCUT2D eigenvalue weighted by molar-refractivity contribution is 7.21. The van der Waals surface area contributed by atoms with E-state index in [0.717, 1.165) is 59.8 Å². The second-order valence-corrected chi connectivity index (χ2v) is 13.7. The summed E-state index contributed by atoms with van der Waals surface area (Å²) in [7, 11) is 0. The smallest absolute Gasteiger partial charge is 0.262 e. The van der Waals surface area contributed by atoms with Crippen LogP contribution in [0, 0.1) is 5.41 Å². The topological polar surface area (TPSA) is 128 Å². The van der Waals surface area contributed by atoms with Crippen LogP contribution in [0.4, 0.5) is 0 Å². The number of hydrogen-bond donors (Lipinski definition) is 3. The molecule has 2 amide bonds. The number of nitrogens with zero attached hydrogens (tertiary/aromatic N) is 2. The van der Waals surface area contributed by atoms with Gasteiger partial charge in [0.25, 0.3) is 11.8 Å². The Labute approximate surface area is 241 Å². The Kier molecular flexibility index (Phi) is 6.06. The van der Waals surface area contributed by atoms with Gasteiger partial charge < -0.3 is 25.6 Å². The summed E-state index contributed by atoms with van der Waals surface area (Å²) in [6.45, 7) is 3.61. The molecule has 7 rings (SSSR count). The Morgan fingerprint density at radius 3 is 2.63 bits per heavy atom. The number of aromatic nitrogens is 2. The first-order chi connectivity index (χ1) is 19.6. The number of carbonyl (C=O) groups is 2. The molecule has 9 nitrogen and oxygen atoms in total. The van der Waals surface area contributed by atoms with Crippen molar-refractivity contribution in [3.05, 3.63) is 58.7 Å². The number of primary amides is 1. The summed E-state index contributed by atoms with van der Waals surface area (Å²) < 4.78 is 15.1. The van der Waals surface area contributed by atoms with Gasteiger partial charge in [-0.05, 0) is 82.1 Å². The molecule has 3 heterocycles. The second kappa shape index (κ2) is 9.46. The molecule has 3 aromatic heterocycles. The molecule has 0 radical (unpaired) electrons. The van der Waals surface area contributed by atoms with Crippen LogP contribution in [-0.4, -0.2) is 50.9 Å². The van der Waals surface area contributed by atoms with Crippen molar-refractivity contribution < 1.29 is 24.2 Å². The molecule has 1 aromatic carbocycles. The molecule has 0 bridgehead atoms. The largest absolute Gasteiger partial charge is 0.489 e. The maximum absolute atomic E-state index is 13.3. The van der Waals surface area contributed by atoms with E-state index in [4.69, 9.17) is 15.2 Å². The van der Waals surface area contributed by atoms with Crippen molar-refractivity contribution in [2.45, 2.75) is 76.0 Å². The zero-order valence-corrected chi connectivity index (χ0v) is 24.0. The van der Waals surface area contributed by atoms with E-state index in [2.05, 4.69) is 10.4 Å². The van der Waals surface area contributed by atoms with Crippen LogP contribution in [-0.2, 0) is 0 Å². The fraction of sp³-hybridized carbons (Fsp3) is 0.452. The van der Waals surface area contributed by atoms with E-state index < -0.39 is 11.5 Å². The second-order valence-electron chi connectivity index (χ2n) is 12.7. The number of pyridine rings is 1. The molecule has 3 saturated carbocycles. The summed E-state index contributed by atoms with van der Waals surface area (Å²) in [5.41, 5.74) is 7.15. The van der Waals surface area contributed by atoms with Crippen molar-refractivity contribution in [3.8, 4) is 11.5 Å². The van der Waals surface area contributed by atoms with E-state index in [-0.39, 0.29) is 30.1 Å². The monoisotopic (exact) mass is 574 g/mol. The van der Waals surface area contributed by atoms with E-state index in [9.17, 15) is 14.7 Å². The van der Waals surface area contributed by atoms with Crippen molar-refractivity contribution in [3.63, 3.8) is 0 Å². The number of nitrogens with one attached hydrogen (secondary N) is 1. The zero-order chi connectivity index (χ0) is 28.5. The molecule has 0 saturated heterocycles. The zero-order valence-electron chi connectivity index (χ0n) is 23.2. The lowest BCUT2D eigenvalue weighted by Crippen LogP contribution is -2.58. The highest BCUT2D eigenvalue weighted by Crippen LogP contribution is 2.57. The summed E-state index contributed by atoms with van der Waals surface area (Å²) in [6, 6.07) is 11.7. The van der Waals surface area contributed by atoms with Crippen LogP contribution in [0.1, 0.15) is 84.0 Å². The number of amides is 2. The lowest BCUT2D eigenvalue weighted by molar-refractivity contribution is -0.0828. The van der Waals surface area contributed by atoms with Crippen LogP contribution in [0.25, 0.3) is 15.6 Å². The van der Waals surface area contributed by atoms with Gasteiger partial charge in [0.15, 0.2) is 5.75 Å². The number of rotatable bonds is 9. The average Bonchev–Trinajstić information content (AvgIpc) is 3.51. The Morgan fingerprint density at radius 1 is 1.17 bits per heavy atom. The Hall–Kier alpha value is -3.63. The summed E-state index contributed by atoms with van der Waals surface area (Å²) in [4.78, 5) is 25.8. The number of ether oxygens (including phenoxy) is 2. The molecule has 3 aliphatic rings. The minimum absolute atomic E-state index is 0.0380. The quantitative estimate of drug-likeness (QED) is 0.264. The van der Waals surface area contributed by atoms with Crippen LogP contribution < -0.4 is 20.5 Å². The Morgan fingerprint density at radius 2 is 1.93 bits per heavy atom. The van der Waals surface area contributed by atoms with Crippen LogP contribution in [0.3, 0.4) is 0 Å². The first kappa shape index (κ1) is 26.3. The minimum atomic E-state index is -0.942. The summed E-state index contributed by atoms with van der Waals surface area (Å²) in [6.07, 6.45) is 7.41. The fourth-order valence-corrected chi connectivity index (χ4v) is 7.47. The van der Waals surface area contributed by atoms with Gasteiger partial charge >= 0.3 is 0 Å². The lowest BCUT2D eigenvalue weighted by atomic mass is 9.53. The fourth-order valence-electron chi connectivity index (χ4n) is 6.48. The SMILES string of the molecule is CC(C)(O)COc1ccc2c(C(=O)N[C@H]3CC4(C3)C[C@H](Oc3c(C(N)=O)sc5ccccc35)C4)cnn2c1C1CC1. The van der Waals surface area contributed by atoms with Crippen LogP contribution in [0.5, 0.6) is 11.5 Å². The van der Waals surface area contributed by atoms with E-state index in [0.29, 0.717) is 27.9 Å². The van der Waals surface area contributed by atoms with E-state index in [1.54, 1.807) is 20.0 Å². The standard InChI is InChI=1S/C31H34N4O5S/c1-30(2,38)16-39-23-10-9-22-21(15-33-35(22)25(23)17-7-8-17)29(37)34-18-11-31(12-18)13-19(14-31)40-26-20-5-3-4-6-24(20)41-27(26)28(32)36/h3-6,9-10,15,17-19,38H,7-8,11-14,16H2,1-2H3,(H2,32,36)(H,34,37)/t18-,19-,31?. The summed E-state index contributed by atoms with van der Waals surface area (Å²) >= 11 is 1.37. The Bertz CT molecular complexity index is 1670. The van der Waals surface area contributed by atoms with Crippen molar-refractivity contribution in [2.24, 2.45) is 11.1 Å². The van der Waals surface area contributed by atoms with Gasteiger partial charge in [-0.15, -0.1) is 11.3 Å². The molecule has 10 heteroatoms. The third kappa shape index (κ3) is 4.82. The predicted molar refractivity (Wildman–Crippen MR) is 156 cm³/mol. The van der Waals surface area contributed by atoms with Crippen molar-refractivity contribution in [1.82, 2.24) is 14.9 Å². The molecule has 41 heavy (non-hydrogen) atoms. The highest BCUT2D eigenvalue weighted by Gasteiger charge is 2.54. The molecule has 3 aliphatic carbocycles. The maximum Gasteiger partial charge on any atom is 0.262 e. The van der Waals surface area contributed by atoms with Crippen LogP contribution in [0.15, 0.2) is 42.6 Å². The van der Waals surface area contributed by atoms with Gasteiger partial charge in [0, 0.05) is 22.0 Å². The highest BCUT2D eigenvalue weighted by atomic mass is 32.1. The van der Waals surface area contributed by atoms with Gasteiger partial charge in [0.1, 0.15) is 17.2 Å². The average molecular weight is 575 g/mol. The molecule has 4 N–H and O–H groups in total. The van der Waals surface area contributed by atoms with E-state index in [1.165, 1.54) is 11.3 Å². The normalized spacial score (nSPS) is 23.8. The number of nitrogens with two attached hydrogens (primary N) is 1. The lowest BCUT2D eigenvalue weighted by Gasteiger charge is -2.57.